The topological polar surface area (TPSA) is 71.3 Å². The Morgan fingerprint density at radius 3 is 2.27 bits per heavy atom. The van der Waals surface area contributed by atoms with E-state index in [1.165, 1.54) is 18.4 Å². The minimum Gasteiger partial charge on any atom is -0.425 e. The number of hydrogen-bond donors (Lipinski definition) is 1. The van der Waals surface area contributed by atoms with E-state index in [0.717, 1.165) is 49.8 Å². The molecule has 0 unspecified atom stereocenters. The van der Waals surface area contributed by atoms with Crippen LogP contribution >= 0.6 is 0 Å². The molecule has 0 bridgehead atoms. The van der Waals surface area contributed by atoms with Crippen molar-refractivity contribution >= 4 is 11.6 Å². The van der Waals surface area contributed by atoms with Crippen molar-refractivity contribution in [3.8, 4) is 0 Å². The summed E-state index contributed by atoms with van der Waals surface area (Å²) in [5.74, 6) is 2.48. The maximum absolute atomic E-state index is 12.3. The molecular weight excluding hydrogens is 328 g/mol. The Morgan fingerprint density at radius 2 is 1.69 bits per heavy atom. The molecule has 1 aliphatic heterocycles. The average Bonchev–Trinajstić information content (AvgIpc) is 3.40. The van der Waals surface area contributed by atoms with Gasteiger partial charge in [0.2, 0.25) is 17.7 Å². The van der Waals surface area contributed by atoms with E-state index < -0.39 is 0 Å². The van der Waals surface area contributed by atoms with Gasteiger partial charge in [0, 0.05) is 17.5 Å². The highest BCUT2D eigenvalue weighted by Crippen LogP contribution is 2.40. The van der Waals surface area contributed by atoms with Gasteiger partial charge >= 0.3 is 0 Å². The smallest absolute Gasteiger partial charge is 0.238 e. The van der Waals surface area contributed by atoms with Gasteiger partial charge in [-0.3, -0.25) is 9.69 Å². The highest BCUT2D eigenvalue weighted by Gasteiger charge is 2.31. The Labute approximate surface area is 154 Å². The van der Waals surface area contributed by atoms with Crippen LogP contribution in [0.3, 0.4) is 0 Å². The van der Waals surface area contributed by atoms with E-state index in [4.69, 9.17) is 4.42 Å². The summed E-state index contributed by atoms with van der Waals surface area (Å²) < 4.78 is 5.84. The summed E-state index contributed by atoms with van der Waals surface area (Å²) in [4.78, 5) is 14.5. The molecule has 1 amide bonds. The molecule has 1 aliphatic carbocycles. The van der Waals surface area contributed by atoms with Crippen LogP contribution in [0.2, 0.25) is 0 Å². The number of aromatic nitrogens is 2. The predicted molar refractivity (Wildman–Crippen MR) is 99.1 cm³/mol. The molecule has 1 saturated heterocycles. The van der Waals surface area contributed by atoms with E-state index in [0.29, 0.717) is 18.4 Å². The number of carbonyl (C=O) groups excluding carboxylic acids is 1. The number of amides is 1. The van der Waals surface area contributed by atoms with E-state index >= 15 is 0 Å². The largest absolute Gasteiger partial charge is 0.425 e. The maximum atomic E-state index is 12.3. The maximum Gasteiger partial charge on any atom is 0.238 e. The molecule has 4 rings (SSSR count). The van der Waals surface area contributed by atoms with E-state index in [2.05, 4.69) is 39.5 Å². The highest BCUT2D eigenvalue weighted by atomic mass is 16.4. The normalized spacial score (nSPS) is 18.8. The number of piperidine rings is 1. The van der Waals surface area contributed by atoms with Gasteiger partial charge in [-0.1, -0.05) is 19.1 Å². The second-order valence-corrected chi connectivity index (χ2v) is 7.40. The lowest BCUT2D eigenvalue weighted by Gasteiger charge is -2.29. The third kappa shape index (κ3) is 4.12. The lowest BCUT2D eigenvalue weighted by Crippen LogP contribution is -2.38. The summed E-state index contributed by atoms with van der Waals surface area (Å²) in [7, 11) is 0. The van der Waals surface area contributed by atoms with E-state index in [9.17, 15) is 4.79 Å². The van der Waals surface area contributed by atoms with Crippen molar-refractivity contribution in [2.75, 3.05) is 25.0 Å². The first-order valence-corrected chi connectivity index (χ1v) is 9.65. The van der Waals surface area contributed by atoms with Gasteiger partial charge in [-0.15, -0.1) is 10.2 Å². The van der Waals surface area contributed by atoms with E-state index in [1.54, 1.807) is 0 Å². The Balaban J connectivity index is 1.24. The molecule has 1 saturated carbocycles. The second kappa shape index (κ2) is 7.58. The van der Waals surface area contributed by atoms with Crippen LogP contribution in [-0.4, -0.2) is 40.6 Å². The molecular formula is C20H26N4O2. The minimum absolute atomic E-state index is 0.0431. The summed E-state index contributed by atoms with van der Waals surface area (Å²) in [6.45, 7) is 4.32. The van der Waals surface area contributed by atoms with Gasteiger partial charge in [-0.25, -0.2) is 0 Å². The van der Waals surface area contributed by atoms with Crippen molar-refractivity contribution in [2.24, 2.45) is 0 Å². The number of hydrogen-bond acceptors (Lipinski definition) is 5. The van der Waals surface area contributed by atoms with Crippen LogP contribution in [0.4, 0.5) is 5.69 Å². The monoisotopic (exact) mass is 354 g/mol. The molecule has 138 valence electrons. The number of benzene rings is 1. The summed E-state index contributed by atoms with van der Waals surface area (Å²) >= 11 is 0. The fourth-order valence-electron chi connectivity index (χ4n) is 3.47. The summed E-state index contributed by atoms with van der Waals surface area (Å²) in [5.41, 5.74) is 2.14. The molecule has 1 aromatic heterocycles. The van der Waals surface area contributed by atoms with Crippen LogP contribution in [0.1, 0.15) is 61.8 Å². The van der Waals surface area contributed by atoms with Gasteiger partial charge in [0.05, 0.1) is 6.54 Å². The van der Waals surface area contributed by atoms with Gasteiger partial charge in [0.15, 0.2) is 0 Å². The van der Waals surface area contributed by atoms with E-state index in [1.807, 2.05) is 12.1 Å². The second-order valence-electron chi connectivity index (χ2n) is 7.40. The van der Waals surface area contributed by atoms with Gasteiger partial charge in [0.1, 0.15) is 0 Å². The highest BCUT2D eigenvalue weighted by molar-refractivity contribution is 5.92. The molecule has 6 nitrogen and oxygen atoms in total. The van der Waals surface area contributed by atoms with Crippen molar-refractivity contribution in [3.05, 3.63) is 41.6 Å². The van der Waals surface area contributed by atoms with Crippen molar-refractivity contribution in [1.29, 1.82) is 0 Å². The number of likely N-dealkylation sites (tertiary alicyclic amines) is 1. The van der Waals surface area contributed by atoms with Gasteiger partial charge in [-0.05, 0) is 62.9 Å². The zero-order chi connectivity index (χ0) is 17.9. The number of anilines is 1. The summed E-state index contributed by atoms with van der Waals surface area (Å²) in [5, 5.41) is 11.4. The molecule has 6 heteroatoms. The van der Waals surface area contributed by atoms with Crippen LogP contribution in [-0.2, 0) is 11.2 Å². The zero-order valence-corrected chi connectivity index (χ0v) is 15.3. The fourth-order valence-corrected chi connectivity index (χ4v) is 3.47. The number of nitrogens with zero attached hydrogens (tertiary/aromatic N) is 3. The van der Waals surface area contributed by atoms with Gasteiger partial charge in [-0.2, -0.15) is 0 Å². The Hall–Kier alpha value is -2.21. The van der Waals surface area contributed by atoms with Crippen molar-refractivity contribution < 1.29 is 9.21 Å². The molecule has 2 heterocycles. The standard InChI is InChI=1S/C20H26N4O2/c1-2-14-3-7-17(8-4-14)21-18(25)13-24-11-9-16(10-12-24)20-23-22-19(26-20)15-5-6-15/h3-4,7-8,15-16H,2,5-6,9-13H2,1H3,(H,21,25). The third-order valence-corrected chi connectivity index (χ3v) is 5.33. The minimum atomic E-state index is 0.0431. The lowest BCUT2D eigenvalue weighted by atomic mass is 9.97. The van der Waals surface area contributed by atoms with Crippen LogP contribution < -0.4 is 5.32 Å². The van der Waals surface area contributed by atoms with Crippen LogP contribution in [0.5, 0.6) is 0 Å². The van der Waals surface area contributed by atoms with Crippen molar-refractivity contribution in [2.45, 2.75) is 50.9 Å². The van der Waals surface area contributed by atoms with Crippen molar-refractivity contribution in [1.82, 2.24) is 15.1 Å². The first-order valence-electron chi connectivity index (χ1n) is 9.65. The Bertz CT molecular complexity index is 743. The molecule has 1 aromatic carbocycles. The van der Waals surface area contributed by atoms with Crippen LogP contribution in [0, 0.1) is 0 Å². The Morgan fingerprint density at radius 1 is 1.08 bits per heavy atom. The van der Waals surface area contributed by atoms with Crippen molar-refractivity contribution in [3.63, 3.8) is 0 Å². The molecule has 1 N–H and O–H groups in total. The molecule has 0 spiro atoms. The Kier molecular flexibility index (Phi) is 5.02. The van der Waals surface area contributed by atoms with Gasteiger partial charge in [0.25, 0.3) is 0 Å². The summed E-state index contributed by atoms with van der Waals surface area (Å²) in [6, 6.07) is 8.05. The fraction of sp³-hybridized carbons (Fsp3) is 0.550. The number of carbonyl (C=O) groups is 1. The first kappa shape index (κ1) is 17.2. The zero-order valence-electron chi connectivity index (χ0n) is 15.3. The molecule has 2 aliphatic rings. The number of rotatable bonds is 6. The SMILES string of the molecule is CCc1ccc(NC(=O)CN2CCC(c3nnc(C4CC4)o3)CC2)cc1. The van der Waals surface area contributed by atoms with Crippen LogP contribution in [0.25, 0.3) is 0 Å². The average molecular weight is 354 g/mol. The molecule has 2 fully saturated rings. The van der Waals surface area contributed by atoms with E-state index in [-0.39, 0.29) is 5.91 Å². The molecule has 26 heavy (non-hydrogen) atoms. The first-order chi connectivity index (χ1) is 12.7. The molecule has 2 aromatic rings. The van der Waals surface area contributed by atoms with Crippen LogP contribution in [0.15, 0.2) is 28.7 Å². The summed E-state index contributed by atoms with van der Waals surface area (Å²) in [6.07, 6.45) is 5.29. The quantitative estimate of drug-likeness (QED) is 0.861. The molecule has 0 atom stereocenters. The lowest BCUT2D eigenvalue weighted by molar-refractivity contribution is -0.117. The predicted octanol–water partition coefficient (Wildman–Crippen LogP) is 3.33. The third-order valence-electron chi connectivity index (χ3n) is 5.33. The number of aryl methyl sites for hydroxylation is 1. The molecule has 0 radical (unpaired) electrons. The van der Waals surface area contributed by atoms with Gasteiger partial charge < -0.3 is 9.73 Å². The number of nitrogens with one attached hydrogen (secondary N) is 1.